The van der Waals surface area contributed by atoms with Crippen molar-refractivity contribution in [2.45, 2.75) is 38.9 Å². The zero-order chi connectivity index (χ0) is 15.9. The second-order valence-electron chi connectivity index (χ2n) is 6.98. The zero-order valence-electron chi connectivity index (χ0n) is 14.0. The van der Waals surface area contributed by atoms with Crippen LogP contribution >= 0.6 is 0 Å². The number of likely N-dealkylation sites (tertiary alicyclic amines) is 1. The minimum absolute atomic E-state index is 0.0266. The number of aliphatic hydroxyl groups is 1. The fourth-order valence-corrected chi connectivity index (χ4v) is 3.25. The van der Waals surface area contributed by atoms with Gasteiger partial charge in [-0.1, -0.05) is 13.8 Å². The molecule has 0 aromatic rings. The first-order valence-corrected chi connectivity index (χ1v) is 8.54. The van der Waals surface area contributed by atoms with Gasteiger partial charge in [0.05, 0.1) is 25.4 Å². The van der Waals surface area contributed by atoms with Crippen molar-refractivity contribution >= 4 is 5.91 Å². The van der Waals surface area contributed by atoms with E-state index in [-0.39, 0.29) is 18.1 Å². The standard InChI is InChI=1S/C16H31N3O3/c1-13(2)9-19-6-7-22-15(11-19)8-17-16(21)12-18-5-3-4-14(20)10-18/h13-15,20H,3-12H2,1-2H3,(H,17,21). The average Bonchev–Trinajstić information content (AvgIpc) is 2.45. The van der Waals surface area contributed by atoms with Gasteiger partial charge in [-0.3, -0.25) is 14.6 Å². The van der Waals surface area contributed by atoms with Gasteiger partial charge in [-0.05, 0) is 25.3 Å². The predicted octanol–water partition coefficient (Wildman–Crippen LogP) is -0.0839. The Morgan fingerprint density at radius 1 is 1.32 bits per heavy atom. The molecule has 0 aromatic heterocycles. The second kappa shape index (κ2) is 8.82. The van der Waals surface area contributed by atoms with Crippen LogP contribution in [0.2, 0.25) is 0 Å². The van der Waals surface area contributed by atoms with Crippen molar-refractivity contribution in [3.05, 3.63) is 0 Å². The Morgan fingerprint density at radius 3 is 2.86 bits per heavy atom. The number of β-amino-alcohol motifs (C(OH)–C–C–N with tert-alkyl or cyclic N) is 1. The lowest BCUT2D eigenvalue weighted by Gasteiger charge is -2.34. The van der Waals surface area contributed by atoms with Gasteiger partial charge in [-0.2, -0.15) is 0 Å². The Hall–Kier alpha value is -0.690. The number of hydrogen-bond acceptors (Lipinski definition) is 5. The summed E-state index contributed by atoms with van der Waals surface area (Å²) in [6, 6.07) is 0. The van der Waals surface area contributed by atoms with Crippen LogP contribution in [-0.4, -0.2) is 85.4 Å². The number of nitrogens with one attached hydrogen (secondary N) is 1. The molecule has 2 rings (SSSR count). The zero-order valence-corrected chi connectivity index (χ0v) is 14.0. The molecule has 0 aromatic carbocycles. The van der Waals surface area contributed by atoms with Gasteiger partial charge < -0.3 is 15.2 Å². The summed E-state index contributed by atoms with van der Waals surface area (Å²) in [4.78, 5) is 16.4. The number of amides is 1. The molecule has 2 unspecified atom stereocenters. The number of hydrogen-bond donors (Lipinski definition) is 2. The quantitative estimate of drug-likeness (QED) is 0.718. The third-order valence-electron chi connectivity index (χ3n) is 4.22. The molecule has 0 bridgehead atoms. The summed E-state index contributed by atoms with van der Waals surface area (Å²) < 4.78 is 5.74. The van der Waals surface area contributed by atoms with Crippen molar-refractivity contribution < 1.29 is 14.6 Å². The topological polar surface area (TPSA) is 65.0 Å². The SMILES string of the molecule is CC(C)CN1CCOC(CNC(=O)CN2CCCC(O)C2)C1. The average molecular weight is 313 g/mol. The van der Waals surface area contributed by atoms with Crippen LogP contribution in [0.25, 0.3) is 0 Å². The molecule has 128 valence electrons. The van der Waals surface area contributed by atoms with Crippen molar-refractivity contribution in [2.75, 3.05) is 52.4 Å². The van der Waals surface area contributed by atoms with Crippen LogP contribution in [0.4, 0.5) is 0 Å². The number of morpholine rings is 1. The molecular weight excluding hydrogens is 282 g/mol. The third kappa shape index (κ3) is 6.20. The van der Waals surface area contributed by atoms with Crippen molar-refractivity contribution in [3.8, 4) is 0 Å². The molecule has 2 N–H and O–H groups in total. The lowest BCUT2D eigenvalue weighted by molar-refractivity contribution is -0.124. The highest BCUT2D eigenvalue weighted by atomic mass is 16.5. The van der Waals surface area contributed by atoms with Crippen molar-refractivity contribution in [1.29, 1.82) is 0 Å². The monoisotopic (exact) mass is 313 g/mol. The summed E-state index contributed by atoms with van der Waals surface area (Å²) in [5, 5.41) is 12.6. The van der Waals surface area contributed by atoms with Gasteiger partial charge in [0.1, 0.15) is 0 Å². The highest BCUT2D eigenvalue weighted by molar-refractivity contribution is 5.78. The summed E-state index contributed by atoms with van der Waals surface area (Å²) in [6.07, 6.45) is 1.61. The molecule has 22 heavy (non-hydrogen) atoms. The molecule has 0 spiro atoms. The van der Waals surface area contributed by atoms with Crippen LogP contribution in [0.3, 0.4) is 0 Å². The van der Waals surface area contributed by atoms with E-state index in [2.05, 4.69) is 24.1 Å². The first kappa shape index (κ1) is 17.7. The Balaban J connectivity index is 1.65. The fourth-order valence-electron chi connectivity index (χ4n) is 3.25. The molecule has 2 heterocycles. The first-order valence-electron chi connectivity index (χ1n) is 8.54. The van der Waals surface area contributed by atoms with Gasteiger partial charge in [-0.15, -0.1) is 0 Å². The largest absolute Gasteiger partial charge is 0.392 e. The third-order valence-corrected chi connectivity index (χ3v) is 4.22. The van der Waals surface area contributed by atoms with Gasteiger partial charge in [-0.25, -0.2) is 0 Å². The van der Waals surface area contributed by atoms with Gasteiger partial charge in [0.25, 0.3) is 0 Å². The lowest BCUT2D eigenvalue weighted by Crippen LogP contribution is -2.50. The van der Waals surface area contributed by atoms with Crippen LogP contribution in [0.15, 0.2) is 0 Å². The van der Waals surface area contributed by atoms with Crippen LogP contribution in [-0.2, 0) is 9.53 Å². The van der Waals surface area contributed by atoms with Gasteiger partial charge >= 0.3 is 0 Å². The maximum atomic E-state index is 12.0. The van der Waals surface area contributed by atoms with E-state index >= 15 is 0 Å². The maximum absolute atomic E-state index is 12.0. The molecular formula is C16H31N3O3. The molecule has 6 heteroatoms. The molecule has 2 saturated heterocycles. The normalized spacial score (nSPS) is 28.0. The number of nitrogens with zero attached hydrogens (tertiary/aromatic N) is 2. The Bertz CT molecular complexity index is 352. The Kier molecular flexibility index (Phi) is 7.08. The number of rotatable bonds is 6. The number of piperidine rings is 1. The van der Waals surface area contributed by atoms with E-state index in [1.54, 1.807) is 0 Å². The Labute approximate surface area is 133 Å². The minimum Gasteiger partial charge on any atom is -0.392 e. The highest BCUT2D eigenvalue weighted by Gasteiger charge is 2.23. The summed E-state index contributed by atoms with van der Waals surface area (Å²) >= 11 is 0. The molecule has 0 saturated carbocycles. The fraction of sp³-hybridized carbons (Fsp3) is 0.938. The van der Waals surface area contributed by atoms with E-state index in [1.807, 2.05) is 4.90 Å². The summed E-state index contributed by atoms with van der Waals surface area (Å²) in [7, 11) is 0. The molecule has 2 atom stereocenters. The van der Waals surface area contributed by atoms with Crippen LogP contribution in [0.5, 0.6) is 0 Å². The molecule has 2 aliphatic rings. The number of aliphatic hydroxyl groups excluding tert-OH is 1. The minimum atomic E-state index is -0.284. The van der Waals surface area contributed by atoms with E-state index in [4.69, 9.17) is 4.74 Å². The maximum Gasteiger partial charge on any atom is 0.234 e. The molecule has 2 fully saturated rings. The van der Waals surface area contributed by atoms with E-state index in [1.165, 1.54) is 0 Å². The smallest absolute Gasteiger partial charge is 0.234 e. The van der Waals surface area contributed by atoms with Crippen molar-refractivity contribution in [1.82, 2.24) is 15.1 Å². The van der Waals surface area contributed by atoms with Gasteiger partial charge in [0, 0.05) is 32.7 Å². The van der Waals surface area contributed by atoms with Gasteiger partial charge in [0.2, 0.25) is 5.91 Å². The number of carbonyl (C=O) groups is 1. The first-order chi connectivity index (χ1) is 10.5. The van der Waals surface area contributed by atoms with Crippen molar-refractivity contribution in [2.24, 2.45) is 5.92 Å². The second-order valence-corrected chi connectivity index (χ2v) is 6.98. The van der Waals surface area contributed by atoms with E-state index in [0.29, 0.717) is 25.6 Å². The van der Waals surface area contributed by atoms with E-state index in [0.717, 1.165) is 45.6 Å². The van der Waals surface area contributed by atoms with Crippen LogP contribution in [0.1, 0.15) is 26.7 Å². The lowest BCUT2D eigenvalue weighted by atomic mass is 10.1. The summed E-state index contributed by atoms with van der Waals surface area (Å²) in [5.74, 6) is 0.678. The number of carbonyl (C=O) groups excluding carboxylic acids is 1. The van der Waals surface area contributed by atoms with E-state index in [9.17, 15) is 9.90 Å². The van der Waals surface area contributed by atoms with Crippen LogP contribution < -0.4 is 5.32 Å². The molecule has 0 radical (unpaired) electrons. The van der Waals surface area contributed by atoms with Crippen LogP contribution in [0, 0.1) is 5.92 Å². The van der Waals surface area contributed by atoms with Gasteiger partial charge in [0.15, 0.2) is 0 Å². The summed E-state index contributed by atoms with van der Waals surface area (Å²) in [6.45, 7) is 10.6. The Morgan fingerprint density at radius 2 is 2.14 bits per heavy atom. The predicted molar refractivity (Wildman–Crippen MR) is 85.7 cm³/mol. The molecule has 2 aliphatic heterocycles. The number of ether oxygens (including phenoxy) is 1. The summed E-state index contributed by atoms with van der Waals surface area (Å²) in [5.41, 5.74) is 0. The molecule has 1 amide bonds. The molecule has 6 nitrogen and oxygen atoms in total. The van der Waals surface area contributed by atoms with E-state index < -0.39 is 0 Å². The molecule has 0 aliphatic carbocycles. The van der Waals surface area contributed by atoms with Crippen molar-refractivity contribution in [3.63, 3.8) is 0 Å². The highest BCUT2D eigenvalue weighted by Crippen LogP contribution is 2.09.